The third-order valence-electron chi connectivity index (χ3n) is 2.44. The van der Waals surface area contributed by atoms with Crippen LogP contribution in [0, 0.1) is 10.1 Å². The maximum Gasteiger partial charge on any atom is 0.277 e. The van der Waals surface area contributed by atoms with Crippen molar-refractivity contribution in [2.75, 3.05) is 0 Å². The lowest BCUT2D eigenvalue weighted by molar-refractivity contribution is -0.374. The molecule has 0 bridgehead atoms. The van der Waals surface area contributed by atoms with Gasteiger partial charge in [0.25, 0.3) is 5.70 Å². The first-order valence-corrected chi connectivity index (χ1v) is 6.13. The minimum absolute atomic E-state index is 0.0953. The molecule has 3 nitrogen and oxygen atoms in total. The summed E-state index contributed by atoms with van der Waals surface area (Å²) in [5.41, 5.74) is 1.50. The lowest BCUT2D eigenvalue weighted by Gasteiger charge is -1.99. The molecule has 0 atom stereocenters. The highest BCUT2D eigenvalue weighted by molar-refractivity contribution is 9.10. The molecule has 0 saturated carbocycles. The van der Waals surface area contributed by atoms with Crippen LogP contribution in [-0.2, 0) is 0 Å². The Labute approximate surface area is 113 Å². The Hall–Kier alpha value is -1.94. The second-order valence-corrected chi connectivity index (χ2v) is 4.62. The molecule has 0 aliphatic carbocycles. The Balaban J connectivity index is 2.43. The number of rotatable bonds is 3. The van der Waals surface area contributed by atoms with Gasteiger partial charge >= 0.3 is 0 Å². The first-order valence-electron chi connectivity index (χ1n) is 5.34. The molecule has 2 aromatic rings. The normalized spacial score (nSPS) is 11.3. The molecule has 0 heterocycles. The second kappa shape index (κ2) is 5.60. The van der Waals surface area contributed by atoms with Gasteiger partial charge in [-0.05, 0) is 29.8 Å². The lowest BCUT2D eigenvalue weighted by Crippen LogP contribution is -1.97. The molecular weight excluding hydrogens is 294 g/mol. The van der Waals surface area contributed by atoms with Crippen LogP contribution >= 0.6 is 15.9 Å². The van der Waals surface area contributed by atoms with E-state index in [1.54, 1.807) is 30.3 Å². The Morgan fingerprint density at radius 3 is 2.22 bits per heavy atom. The Morgan fingerprint density at radius 1 is 1.06 bits per heavy atom. The molecule has 18 heavy (non-hydrogen) atoms. The van der Waals surface area contributed by atoms with Gasteiger partial charge in [-0.3, -0.25) is 10.1 Å². The predicted octanol–water partition coefficient (Wildman–Crippen LogP) is 4.22. The fourth-order valence-electron chi connectivity index (χ4n) is 1.57. The molecule has 0 radical (unpaired) electrons. The SMILES string of the molecule is O=[N+]([O-])C(=Cc1ccc(Br)cc1)c1ccccc1. The molecule has 4 heteroatoms. The van der Waals surface area contributed by atoms with Crippen molar-refractivity contribution < 1.29 is 4.92 Å². The van der Waals surface area contributed by atoms with Crippen molar-refractivity contribution in [3.63, 3.8) is 0 Å². The van der Waals surface area contributed by atoms with Gasteiger partial charge in [-0.2, -0.15) is 0 Å². The molecule has 2 rings (SSSR count). The van der Waals surface area contributed by atoms with Crippen LogP contribution in [0.2, 0.25) is 0 Å². The molecule has 0 aliphatic rings. The minimum Gasteiger partial charge on any atom is -0.258 e. The van der Waals surface area contributed by atoms with E-state index in [1.807, 2.05) is 30.3 Å². The zero-order chi connectivity index (χ0) is 13.0. The standard InChI is InChI=1S/C14H10BrNO2/c15-13-8-6-11(7-9-13)10-14(16(17)18)12-4-2-1-3-5-12/h1-10H. The first-order chi connectivity index (χ1) is 8.66. The number of hydrogen-bond acceptors (Lipinski definition) is 2. The highest BCUT2D eigenvalue weighted by Crippen LogP contribution is 2.19. The molecule has 0 fully saturated rings. The minimum atomic E-state index is -0.364. The van der Waals surface area contributed by atoms with Gasteiger partial charge in [0.15, 0.2) is 0 Å². The van der Waals surface area contributed by atoms with Gasteiger partial charge in [0.05, 0.1) is 10.5 Å². The van der Waals surface area contributed by atoms with Gasteiger partial charge in [-0.25, -0.2) is 0 Å². The van der Waals surface area contributed by atoms with E-state index in [-0.39, 0.29) is 10.6 Å². The number of benzene rings is 2. The van der Waals surface area contributed by atoms with Gasteiger partial charge in [-0.15, -0.1) is 0 Å². The van der Waals surface area contributed by atoms with E-state index in [0.29, 0.717) is 5.56 Å². The largest absolute Gasteiger partial charge is 0.277 e. The van der Waals surface area contributed by atoms with Crippen molar-refractivity contribution in [1.29, 1.82) is 0 Å². The summed E-state index contributed by atoms with van der Waals surface area (Å²) >= 11 is 3.33. The van der Waals surface area contributed by atoms with Gasteiger partial charge in [0.1, 0.15) is 0 Å². The summed E-state index contributed by atoms with van der Waals surface area (Å²) in [5.74, 6) is 0. The predicted molar refractivity (Wildman–Crippen MR) is 75.4 cm³/mol. The molecule has 2 aromatic carbocycles. The van der Waals surface area contributed by atoms with Crippen molar-refractivity contribution in [1.82, 2.24) is 0 Å². The van der Waals surface area contributed by atoms with E-state index in [1.165, 1.54) is 0 Å². The number of nitro groups is 1. The molecular formula is C14H10BrNO2. The monoisotopic (exact) mass is 303 g/mol. The van der Waals surface area contributed by atoms with Crippen molar-refractivity contribution >= 4 is 27.7 Å². The van der Waals surface area contributed by atoms with Crippen LogP contribution < -0.4 is 0 Å². The fourth-order valence-corrected chi connectivity index (χ4v) is 1.83. The van der Waals surface area contributed by atoms with Crippen molar-refractivity contribution in [2.24, 2.45) is 0 Å². The van der Waals surface area contributed by atoms with Crippen LogP contribution in [0.3, 0.4) is 0 Å². The zero-order valence-electron chi connectivity index (χ0n) is 9.42. The van der Waals surface area contributed by atoms with E-state index < -0.39 is 0 Å². The summed E-state index contributed by atoms with van der Waals surface area (Å²) in [7, 11) is 0. The molecule has 90 valence electrons. The summed E-state index contributed by atoms with van der Waals surface area (Å²) < 4.78 is 0.946. The van der Waals surface area contributed by atoms with E-state index >= 15 is 0 Å². The average Bonchev–Trinajstić information content (AvgIpc) is 2.38. The third kappa shape index (κ3) is 3.05. The van der Waals surface area contributed by atoms with Crippen LogP contribution in [0.4, 0.5) is 0 Å². The van der Waals surface area contributed by atoms with Gasteiger partial charge < -0.3 is 0 Å². The fraction of sp³-hybridized carbons (Fsp3) is 0. The number of halogens is 1. The van der Waals surface area contributed by atoms with Gasteiger partial charge in [-0.1, -0.05) is 46.3 Å². The Kier molecular flexibility index (Phi) is 3.89. The van der Waals surface area contributed by atoms with Crippen LogP contribution in [-0.4, -0.2) is 4.92 Å². The van der Waals surface area contributed by atoms with E-state index in [0.717, 1.165) is 10.0 Å². The maximum atomic E-state index is 11.1. The van der Waals surface area contributed by atoms with Crippen molar-refractivity contribution in [2.45, 2.75) is 0 Å². The van der Waals surface area contributed by atoms with E-state index in [9.17, 15) is 10.1 Å². The zero-order valence-corrected chi connectivity index (χ0v) is 11.0. The molecule has 0 unspecified atom stereocenters. The van der Waals surface area contributed by atoms with Crippen molar-refractivity contribution in [3.05, 3.63) is 80.3 Å². The number of hydrogen-bond donors (Lipinski definition) is 0. The smallest absolute Gasteiger partial charge is 0.258 e. The quantitative estimate of drug-likeness (QED) is 0.484. The Bertz CT molecular complexity index is 577. The second-order valence-electron chi connectivity index (χ2n) is 3.70. The maximum absolute atomic E-state index is 11.1. The molecule has 0 amide bonds. The lowest BCUT2D eigenvalue weighted by atomic mass is 10.1. The van der Waals surface area contributed by atoms with E-state index in [2.05, 4.69) is 15.9 Å². The first kappa shape index (κ1) is 12.5. The van der Waals surface area contributed by atoms with Crippen LogP contribution in [0.25, 0.3) is 11.8 Å². The van der Waals surface area contributed by atoms with Gasteiger partial charge in [0, 0.05) is 10.5 Å². The summed E-state index contributed by atoms with van der Waals surface area (Å²) in [6.45, 7) is 0. The summed E-state index contributed by atoms with van der Waals surface area (Å²) in [5, 5.41) is 11.1. The average molecular weight is 304 g/mol. The third-order valence-corrected chi connectivity index (χ3v) is 2.97. The highest BCUT2D eigenvalue weighted by atomic mass is 79.9. The van der Waals surface area contributed by atoms with Crippen LogP contribution in [0.5, 0.6) is 0 Å². The Morgan fingerprint density at radius 2 is 1.67 bits per heavy atom. The number of nitrogens with zero attached hydrogens (tertiary/aromatic N) is 1. The summed E-state index contributed by atoms with van der Waals surface area (Å²) in [6, 6.07) is 16.2. The van der Waals surface area contributed by atoms with Crippen LogP contribution in [0.15, 0.2) is 59.1 Å². The molecule has 0 aliphatic heterocycles. The molecule has 0 aromatic heterocycles. The topological polar surface area (TPSA) is 43.1 Å². The van der Waals surface area contributed by atoms with E-state index in [4.69, 9.17) is 0 Å². The molecule has 0 saturated heterocycles. The molecule has 0 spiro atoms. The molecule has 0 N–H and O–H groups in total. The highest BCUT2D eigenvalue weighted by Gasteiger charge is 2.13. The summed E-state index contributed by atoms with van der Waals surface area (Å²) in [6.07, 6.45) is 1.57. The van der Waals surface area contributed by atoms with Gasteiger partial charge in [0.2, 0.25) is 0 Å². The summed E-state index contributed by atoms with van der Waals surface area (Å²) in [4.78, 5) is 10.7. The van der Waals surface area contributed by atoms with Crippen LogP contribution in [0.1, 0.15) is 11.1 Å². The van der Waals surface area contributed by atoms with Crippen molar-refractivity contribution in [3.8, 4) is 0 Å².